The van der Waals surface area contributed by atoms with Crippen molar-refractivity contribution >= 4 is 11.5 Å². The summed E-state index contributed by atoms with van der Waals surface area (Å²) in [6.07, 6.45) is 5.98. The highest BCUT2D eigenvalue weighted by molar-refractivity contribution is 5.68. The van der Waals surface area contributed by atoms with Crippen LogP contribution in [-0.4, -0.2) is 31.1 Å². The average molecular weight is 344 g/mol. The highest BCUT2D eigenvalue weighted by atomic mass is 15.3. The van der Waals surface area contributed by atoms with Crippen molar-refractivity contribution in [2.45, 2.75) is 20.3 Å². The third kappa shape index (κ3) is 3.13. The number of hydrogen-bond acceptors (Lipinski definition) is 5. The maximum Gasteiger partial charge on any atom is 0.161 e. The predicted molar refractivity (Wildman–Crippen MR) is 102 cm³/mol. The Balaban J connectivity index is 1.69. The molecule has 1 aromatic carbocycles. The van der Waals surface area contributed by atoms with Gasteiger partial charge in [-0.15, -0.1) is 0 Å². The van der Waals surface area contributed by atoms with Crippen LogP contribution in [0.15, 0.2) is 55.0 Å². The van der Waals surface area contributed by atoms with E-state index in [1.165, 1.54) is 0 Å². The lowest BCUT2D eigenvalue weighted by molar-refractivity contribution is 0.885. The second-order valence-electron chi connectivity index (χ2n) is 6.21. The Morgan fingerprint density at radius 1 is 1.08 bits per heavy atom. The number of aromatic nitrogens is 5. The number of benzene rings is 1. The lowest BCUT2D eigenvalue weighted by Crippen LogP contribution is -2.11. The van der Waals surface area contributed by atoms with E-state index in [4.69, 9.17) is 4.98 Å². The van der Waals surface area contributed by atoms with Crippen molar-refractivity contribution in [3.05, 3.63) is 71.9 Å². The number of rotatable bonds is 5. The average Bonchev–Trinajstić information content (AvgIpc) is 2.98. The zero-order chi connectivity index (χ0) is 17.9. The van der Waals surface area contributed by atoms with Crippen LogP contribution in [0.25, 0.3) is 16.9 Å². The van der Waals surface area contributed by atoms with E-state index in [9.17, 15) is 0 Å². The molecule has 0 aliphatic heterocycles. The predicted octanol–water partition coefficient (Wildman–Crippen LogP) is 3.46. The van der Waals surface area contributed by atoms with Crippen LogP contribution in [0.2, 0.25) is 0 Å². The van der Waals surface area contributed by atoms with Crippen molar-refractivity contribution < 1.29 is 0 Å². The molecule has 0 radical (unpaired) electrons. The Morgan fingerprint density at radius 2 is 1.92 bits per heavy atom. The van der Waals surface area contributed by atoms with Crippen molar-refractivity contribution in [2.24, 2.45) is 0 Å². The molecule has 4 rings (SSSR count). The third-order valence-corrected chi connectivity index (χ3v) is 4.43. The zero-order valence-corrected chi connectivity index (χ0v) is 14.8. The van der Waals surface area contributed by atoms with E-state index >= 15 is 0 Å². The zero-order valence-electron chi connectivity index (χ0n) is 14.8. The highest BCUT2D eigenvalue weighted by Crippen LogP contribution is 2.24. The lowest BCUT2D eigenvalue weighted by atomic mass is 10.1. The fraction of sp³-hybridized carbons (Fsp3) is 0.200. The molecule has 26 heavy (non-hydrogen) atoms. The van der Waals surface area contributed by atoms with E-state index in [0.29, 0.717) is 0 Å². The fourth-order valence-electron chi connectivity index (χ4n) is 2.89. The standard InChI is InChI=1S/C20H20N6/c1-14-15(2)25-26-19(23-9-8-17-13-21-10-11-22-17)12-18(24-20(14)26)16-6-4-3-5-7-16/h3-7,10-13,23H,8-9H2,1-2H3. The normalized spacial score (nSPS) is 11.0. The summed E-state index contributed by atoms with van der Waals surface area (Å²) in [5.41, 5.74) is 5.94. The Bertz CT molecular complexity index is 1020. The Hall–Kier alpha value is -3.28. The summed E-state index contributed by atoms with van der Waals surface area (Å²) in [5.74, 6) is 0.925. The minimum Gasteiger partial charge on any atom is -0.369 e. The van der Waals surface area contributed by atoms with Crippen LogP contribution in [0.1, 0.15) is 17.0 Å². The minimum absolute atomic E-state index is 0.740. The number of aryl methyl sites for hydroxylation is 2. The number of nitrogens with zero attached hydrogens (tertiary/aromatic N) is 5. The van der Waals surface area contributed by atoms with Crippen LogP contribution < -0.4 is 5.32 Å². The van der Waals surface area contributed by atoms with E-state index in [1.54, 1.807) is 18.6 Å². The second kappa shape index (κ2) is 6.92. The third-order valence-electron chi connectivity index (χ3n) is 4.43. The van der Waals surface area contributed by atoms with Gasteiger partial charge in [0, 0.05) is 48.7 Å². The largest absolute Gasteiger partial charge is 0.369 e. The molecular weight excluding hydrogens is 324 g/mol. The van der Waals surface area contributed by atoms with Crippen LogP contribution in [0.4, 0.5) is 5.82 Å². The molecule has 0 fully saturated rings. The SMILES string of the molecule is Cc1nn2c(NCCc3cnccn3)cc(-c3ccccc3)nc2c1C. The lowest BCUT2D eigenvalue weighted by Gasteiger charge is -2.11. The molecular formula is C20H20N6. The Morgan fingerprint density at radius 3 is 2.69 bits per heavy atom. The summed E-state index contributed by atoms with van der Waals surface area (Å²) in [6, 6.07) is 12.2. The van der Waals surface area contributed by atoms with Crippen LogP contribution in [0, 0.1) is 13.8 Å². The number of fused-ring (bicyclic) bond motifs is 1. The molecule has 0 atom stereocenters. The first-order valence-electron chi connectivity index (χ1n) is 8.63. The molecule has 0 spiro atoms. The molecule has 0 saturated heterocycles. The van der Waals surface area contributed by atoms with Gasteiger partial charge in [0.25, 0.3) is 0 Å². The quantitative estimate of drug-likeness (QED) is 0.600. The van der Waals surface area contributed by atoms with Crippen molar-refractivity contribution in [1.29, 1.82) is 0 Å². The van der Waals surface area contributed by atoms with Gasteiger partial charge in [-0.05, 0) is 13.8 Å². The smallest absolute Gasteiger partial charge is 0.161 e. The summed E-state index contributed by atoms with van der Waals surface area (Å²) in [5, 5.41) is 8.12. The molecule has 0 aliphatic rings. The van der Waals surface area contributed by atoms with Crippen LogP contribution in [0.3, 0.4) is 0 Å². The van der Waals surface area contributed by atoms with Crippen molar-refractivity contribution in [2.75, 3.05) is 11.9 Å². The van der Waals surface area contributed by atoms with Gasteiger partial charge in [-0.3, -0.25) is 9.97 Å². The Kier molecular flexibility index (Phi) is 4.31. The van der Waals surface area contributed by atoms with E-state index in [2.05, 4.69) is 39.4 Å². The van der Waals surface area contributed by atoms with Gasteiger partial charge in [-0.25, -0.2) is 4.98 Å². The molecule has 6 nitrogen and oxygen atoms in total. The van der Waals surface area contributed by atoms with Gasteiger partial charge in [-0.1, -0.05) is 30.3 Å². The molecule has 6 heteroatoms. The molecule has 3 heterocycles. The molecule has 0 amide bonds. The van der Waals surface area contributed by atoms with Gasteiger partial charge >= 0.3 is 0 Å². The summed E-state index contributed by atoms with van der Waals surface area (Å²) < 4.78 is 1.88. The van der Waals surface area contributed by atoms with Crippen molar-refractivity contribution in [3.8, 4) is 11.3 Å². The number of nitrogens with one attached hydrogen (secondary N) is 1. The van der Waals surface area contributed by atoms with Crippen molar-refractivity contribution in [1.82, 2.24) is 24.6 Å². The summed E-state index contributed by atoms with van der Waals surface area (Å²) in [7, 11) is 0. The van der Waals surface area contributed by atoms with E-state index in [0.717, 1.165) is 52.6 Å². The number of hydrogen-bond donors (Lipinski definition) is 1. The second-order valence-corrected chi connectivity index (χ2v) is 6.21. The molecule has 0 aliphatic carbocycles. The molecule has 0 saturated carbocycles. The van der Waals surface area contributed by atoms with Gasteiger partial charge in [0.1, 0.15) is 5.82 Å². The molecule has 0 unspecified atom stereocenters. The van der Waals surface area contributed by atoms with E-state index in [-0.39, 0.29) is 0 Å². The fourth-order valence-corrected chi connectivity index (χ4v) is 2.89. The summed E-state index contributed by atoms with van der Waals surface area (Å²) in [4.78, 5) is 13.3. The van der Waals surface area contributed by atoms with E-state index in [1.807, 2.05) is 35.7 Å². The van der Waals surface area contributed by atoms with Gasteiger partial charge in [-0.2, -0.15) is 9.61 Å². The molecule has 0 bridgehead atoms. The topological polar surface area (TPSA) is 68.0 Å². The summed E-state index contributed by atoms with van der Waals surface area (Å²) in [6.45, 7) is 4.81. The minimum atomic E-state index is 0.740. The van der Waals surface area contributed by atoms with Crippen LogP contribution in [0.5, 0.6) is 0 Å². The molecule has 1 N–H and O–H groups in total. The van der Waals surface area contributed by atoms with Crippen molar-refractivity contribution in [3.63, 3.8) is 0 Å². The first kappa shape index (κ1) is 16.2. The van der Waals surface area contributed by atoms with Gasteiger partial charge in [0.2, 0.25) is 0 Å². The monoisotopic (exact) mass is 344 g/mol. The van der Waals surface area contributed by atoms with Crippen LogP contribution in [-0.2, 0) is 6.42 Å². The summed E-state index contributed by atoms with van der Waals surface area (Å²) >= 11 is 0. The first-order valence-corrected chi connectivity index (χ1v) is 8.63. The van der Waals surface area contributed by atoms with Crippen LogP contribution >= 0.6 is 0 Å². The molecule has 130 valence electrons. The number of anilines is 1. The molecule has 3 aromatic heterocycles. The van der Waals surface area contributed by atoms with Gasteiger partial charge in [0.05, 0.1) is 17.1 Å². The molecule has 4 aromatic rings. The Labute approximate surface area is 152 Å². The first-order chi connectivity index (χ1) is 12.7. The van der Waals surface area contributed by atoms with Gasteiger partial charge < -0.3 is 5.32 Å². The van der Waals surface area contributed by atoms with Gasteiger partial charge in [0.15, 0.2) is 5.65 Å². The maximum atomic E-state index is 4.83. The highest BCUT2D eigenvalue weighted by Gasteiger charge is 2.13. The maximum absolute atomic E-state index is 4.83. The van der Waals surface area contributed by atoms with E-state index < -0.39 is 0 Å².